The van der Waals surface area contributed by atoms with E-state index in [1.165, 1.54) is 5.56 Å². The smallest absolute Gasteiger partial charge is 0.136 e. The Labute approximate surface area is 113 Å². The number of amidine groups is 1. The van der Waals surface area contributed by atoms with E-state index in [-0.39, 0.29) is 0 Å². The highest BCUT2D eigenvalue weighted by molar-refractivity contribution is 6.02. The van der Waals surface area contributed by atoms with E-state index in [0.29, 0.717) is 0 Å². The monoisotopic (exact) mass is 248 g/mol. The zero-order valence-corrected chi connectivity index (χ0v) is 11.0. The topological polar surface area (TPSA) is 15.6 Å². The Morgan fingerprint density at radius 3 is 2.05 bits per heavy atom. The van der Waals surface area contributed by atoms with Gasteiger partial charge >= 0.3 is 0 Å². The number of rotatable bonds is 2. The molecule has 0 aliphatic carbocycles. The van der Waals surface area contributed by atoms with Crippen molar-refractivity contribution in [1.82, 2.24) is 4.90 Å². The van der Waals surface area contributed by atoms with Gasteiger partial charge in [0.05, 0.1) is 5.70 Å². The summed E-state index contributed by atoms with van der Waals surface area (Å²) >= 11 is 0. The Bertz CT molecular complexity index is 612. The van der Waals surface area contributed by atoms with Crippen molar-refractivity contribution in [2.75, 3.05) is 13.6 Å². The third-order valence-corrected chi connectivity index (χ3v) is 3.25. The van der Waals surface area contributed by atoms with Crippen LogP contribution in [-0.2, 0) is 0 Å². The second-order valence-corrected chi connectivity index (χ2v) is 4.64. The van der Waals surface area contributed by atoms with Gasteiger partial charge in [0, 0.05) is 19.2 Å². The number of hydrogen-bond donors (Lipinski definition) is 0. The Morgan fingerprint density at radius 2 is 1.42 bits per heavy atom. The van der Waals surface area contributed by atoms with Crippen LogP contribution in [0.2, 0.25) is 0 Å². The van der Waals surface area contributed by atoms with Crippen LogP contribution in [0.1, 0.15) is 11.1 Å². The lowest BCUT2D eigenvalue weighted by atomic mass is 10.1. The van der Waals surface area contributed by atoms with Crippen molar-refractivity contribution >= 4 is 11.5 Å². The Morgan fingerprint density at radius 1 is 0.842 bits per heavy atom. The lowest BCUT2D eigenvalue weighted by Crippen LogP contribution is -2.30. The molecule has 2 aromatic rings. The standard InChI is InChI=1S/C17H16N2/c1-19-13-12-16(14-8-4-2-5-9-14)18-17(19)15-10-6-3-7-11-15/h2-12H,13H2,1H3. The number of likely N-dealkylation sites (N-methyl/N-ethyl adjacent to an activating group) is 1. The maximum atomic E-state index is 4.81. The predicted molar refractivity (Wildman–Crippen MR) is 80.0 cm³/mol. The average molecular weight is 248 g/mol. The van der Waals surface area contributed by atoms with E-state index in [2.05, 4.69) is 42.3 Å². The van der Waals surface area contributed by atoms with Crippen LogP contribution in [0, 0.1) is 0 Å². The van der Waals surface area contributed by atoms with Gasteiger partial charge in [-0.25, -0.2) is 4.99 Å². The Balaban J connectivity index is 2.00. The molecule has 0 aromatic heterocycles. The Kier molecular flexibility index (Phi) is 3.15. The van der Waals surface area contributed by atoms with Crippen molar-refractivity contribution in [3.05, 3.63) is 77.9 Å². The first kappa shape index (κ1) is 11.7. The molecule has 2 heteroatoms. The molecule has 1 aliphatic heterocycles. The van der Waals surface area contributed by atoms with Gasteiger partial charge < -0.3 is 4.90 Å². The van der Waals surface area contributed by atoms with Crippen LogP contribution < -0.4 is 0 Å². The molecule has 1 aliphatic rings. The molecule has 0 bridgehead atoms. The summed E-state index contributed by atoms with van der Waals surface area (Å²) in [7, 11) is 2.07. The van der Waals surface area contributed by atoms with Gasteiger partial charge in [-0.3, -0.25) is 0 Å². The zero-order valence-electron chi connectivity index (χ0n) is 11.0. The summed E-state index contributed by atoms with van der Waals surface area (Å²) in [6, 6.07) is 20.7. The van der Waals surface area contributed by atoms with E-state index >= 15 is 0 Å². The third-order valence-electron chi connectivity index (χ3n) is 3.25. The number of hydrogen-bond acceptors (Lipinski definition) is 2. The van der Waals surface area contributed by atoms with Gasteiger partial charge in [-0.2, -0.15) is 0 Å². The van der Waals surface area contributed by atoms with E-state index in [0.717, 1.165) is 23.6 Å². The largest absolute Gasteiger partial charge is 0.355 e. The molecule has 0 saturated carbocycles. The molecule has 0 radical (unpaired) electrons. The summed E-state index contributed by atoms with van der Waals surface area (Å²) in [4.78, 5) is 6.98. The number of aliphatic imine (C=N–C) groups is 1. The van der Waals surface area contributed by atoms with Crippen molar-refractivity contribution in [3.63, 3.8) is 0 Å². The summed E-state index contributed by atoms with van der Waals surface area (Å²) in [5.41, 5.74) is 3.38. The van der Waals surface area contributed by atoms with E-state index in [9.17, 15) is 0 Å². The van der Waals surface area contributed by atoms with Crippen LogP contribution >= 0.6 is 0 Å². The van der Waals surface area contributed by atoms with Crippen LogP contribution in [0.25, 0.3) is 5.70 Å². The molecule has 3 rings (SSSR count). The summed E-state index contributed by atoms with van der Waals surface area (Å²) < 4.78 is 0. The number of nitrogens with zero attached hydrogens (tertiary/aromatic N) is 2. The molecular weight excluding hydrogens is 232 g/mol. The second-order valence-electron chi connectivity index (χ2n) is 4.64. The molecule has 0 spiro atoms. The van der Waals surface area contributed by atoms with Crippen LogP contribution in [0.15, 0.2) is 71.7 Å². The highest BCUT2D eigenvalue weighted by Gasteiger charge is 2.14. The molecule has 0 unspecified atom stereocenters. The highest BCUT2D eigenvalue weighted by Crippen LogP contribution is 2.21. The maximum Gasteiger partial charge on any atom is 0.136 e. The highest BCUT2D eigenvalue weighted by atomic mass is 15.2. The van der Waals surface area contributed by atoms with Crippen LogP contribution in [0.5, 0.6) is 0 Å². The quantitative estimate of drug-likeness (QED) is 0.795. The van der Waals surface area contributed by atoms with E-state index in [1.807, 2.05) is 36.4 Å². The van der Waals surface area contributed by atoms with Gasteiger partial charge in [0.2, 0.25) is 0 Å². The van der Waals surface area contributed by atoms with Crippen molar-refractivity contribution in [1.29, 1.82) is 0 Å². The third kappa shape index (κ3) is 2.43. The summed E-state index contributed by atoms with van der Waals surface area (Å²) in [5, 5.41) is 0. The Hall–Kier alpha value is -2.35. The molecule has 0 N–H and O–H groups in total. The zero-order chi connectivity index (χ0) is 13.1. The normalized spacial score (nSPS) is 14.9. The molecule has 2 aromatic carbocycles. The van der Waals surface area contributed by atoms with Gasteiger partial charge in [0.15, 0.2) is 0 Å². The second kappa shape index (κ2) is 5.11. The van der Waals surface area contributed by atoms with Gasteiger partial charge in [-0.1, -0.05) is 60.7 Å². The average Bonchev–Trinajstić information content (AvgIpc) is 2.49. The van der Waals surface area contributed by atoms with Gasteiger partial charge in [0.1, 0.15) is 5.84 Å². The summed E-state index contributed by atoms with van der Waals surface area (Å²) in [6.45, 7) is 0.887. The first-order valence-corrected chi connectivity index (χ1v) is 6.45. The van der Waals surface area contributed by atoms with Crippen molar-refractivity contribution in [3.8, 4) is 0 Å². The molecule has 0 atom stereocenters. The van der Waals surface area contributed by atoms with Crippen molar-refractivity contribution in [2.45, 2.75) is 0 Å². The van der Waals surface area contributed by atoms with E-state index < -0.39 is 0 Å². The molecule has 94 valence electrons. The minimum atomic E-state index is 0.887. The van der Waals surface area contributed by atoms with Crippen LogP contribution in [-0.4, -0.2) is 24.3 Å². The fourth-order valence-electron chi connectivity index (χ4n) is 2.22. The van der Waals surface area contributed by atoms with Crippen LogP contribution in [0.4, 0.5) is 0 Å². The SMILES string of the molecule is CN1CC=C(c2ccccc2)N=C1c1ccccc1. The van der Waals surface area contributed by atoms with Gasteiger partial charge in [-0.05, 0) is 11.6 Å². The summed E-state index contributed by atoms with van der Waals surface area (Å²) in [5.74, 6) is 1.03. The first-order chi connectivity index (χ1) is 9.34. The molecule has 0 amide bonds. The molecule has 2 nitrogen and oxygen atoms in total. The van der Waals surface area contributed by atoms with Crippen molar-refractivity contribution in [2.24, 2.45) is 4.99 Å². The lowest BCUT2D eigenvalue weighted by Gasteiger charge is -2.24. The van der Waals surface area contributed by atoms with E-state index in [1.54, 1.807) is 0 Å². The fraction of sp³-hybridized carbons (Fsp3) is 0.118. The minimum absolute atomic E-state index is 0.887. The van der Waals surface area contributed by atoms with E-state index in [4.69, 9.17) is 4.99 Å². The summed E-state index contributed by atoms with van der Waals surface area (Å²) in [6.07, 6.45) is 2.17. The van der Waals surface area contributed by atoms with Crippen molar-refractivity contribution < 1.29 is 0 Å². The fourth-order valence-corrected chi connectivity index (χ4v) is 2.22. The van der Waals surface area contributed by atoms with Gasteiger partial charge in [-0.15, -0.1) is 0 Å². The maximum absolute atomic E-state index is 4.81. The number of benzene rings is 2. The molecule has 0 fully saturated rings. The molecule has 0 saturated heterocycles. The molecular formula is C17H16N2. The lowest BCUT2D eigenvalue weighted by molar-refractivity contribution is 0.559. The molecule has 1 heterocycles. The van der Waals surface area contributed by atoms with Gasteiger partial charge in [0.25, 0.3) is 0 Å². The predicted octanol–water partition coefficient (Wildman–Crippen LogP) is 3.42. The first-order valence-electron chi connectivity index (χ1n) is 6.45. The molecule has 19 heavy (non-hydrogen) atoms. The van der Waals surface area contributed by atoms with Crippen LogP contribution in [0.3, 0.4) is 0 Å². The minimum Gasteiger partial charge on any atom is -0.355 e.